The van der Waals surface area contributed by atoms with E-state index < -0.39 is 35.7 Å². The highest BCUT2D eigenvalue weighted by molar-refractivity contribution is 6.25. The second kappa shape index (κ2) is 6.59. The smallest absolute Gasteiger partial charge is 0.331 e. The monoisotopic (exact) mass is 433 g/mol. The zero-order valence-electron chi connectivity index (χ0n) is 16.7. The lowest BCUT2D eigenvalue weighted by molar-refractivity contribution is -0.121. The SMILES string of the molecule is O=C1[C@@H]2C3C[C@H](CN3C(=O)c3cc(F)cc(F)c3)N2C(=O)N1c1cccc2ccccc12. The van der Waals surface area contributed by atoms with Gasteiger partial charge in [-0.1, -0.05) is 36.4 Å². The van der Waals surface area contributed by atoms with E-state index >= 15 is 0 Å². The molecule has 3 aliphatic rings. The van der Waals surface area contributed by atoms with Crippen LogP contribution in [0.2, 0.25) is 0 Å². The Morgan fingerprint density at radius 2 is 1.66 bits per heavy atom. The first kappa shape index (κ1) is 18.9. The molecule has 32 heavy (non-hydrogen) atoms. The number of anilines is 1. The van der Waals surface area contributed by atoms with Crippen molar-refractivity contribution < 1.29 is 23.2 Å². The number of halogens is 2. The van der Waals surface area contributed by atoms with Crippen LogP contribution < -0.4 is 4.90 Å². The van der Waals surface area contributed by atoms with E-state index in [-0.39, 0.29) is 24.1 Å². The van der Waals surface area contributed by atoms with Gasteiger partial charge in [-0.3, -0.25) is 9.59 Å². The van der Waals surface area contributed by atoms with Gasteiger partial charge in [-0.2, -0.15) is 0 Å². The van der Waals surface area contributed by atoms with Crippen LogP contribution in [0.25, 0.3) is 10.8 Å². The molecule has 0 aliphatic carbocycles. The van der Waals surface area contributed by atoms with Crippen LogP contribution in [0, 0.1) is 11.6 Å². The average Bonchev–Trinajstić information content (AvgIpc) is 3.44. The van der Waals surface area contributed by atoms with Gasteiger partial charge in [-0.15, -0.1) is 0 Å². The molecule has 0 aromatic heterocycles. The third kappa shape index (κ3) is 2.52. The lowest BCUT2D eigenvalue weighted by Crippen LogP contribution is -2.54. The number of fused-ring (bicyclic) bond motifs is 6. The summed E-state index contributed by atoms with van der Waals surface area (Å²) in [6.07, 6.45) is 0.467. The first-order chi connectivity index (χ1) is 15.4. The number of nitrogens with zero attached hydrogens (tertiary/aromatic N) is 3. The lowest BCUT2D eigenvalue weighted by atomic mass is 10.1. The second-order valence-corrected chi connectivity index (χ2v) is 8.38. The van der Waals surface area contributed by atoms with Crippen LogP contribution in [0.1, 0.15) is 16.8 Å². The van der Waals surface area contributed by atoms with Crippen molar-refractivity contribution in [2.45, 2.75) is 24.5 Å². The standard InChI is InChI=1S/C24H17F2N3O3/c25-15-8-14(9-16(26)10-15)22(30)27-12-17-11-20(27)21-23(31)29(24(32)28(17)21)19-7-3-5-13-4-1-2-6-18(13)19/h1-10,17,20-21H,11-12H2/t17-,20?,21+/m1/s1. The van der Waals surface area contributed by atoms with Crippen LogP contribution in [-0.4, -0.2) is 52.3 Å². The number of hydrogen-bond donors (Lipinski definition) is 0. The molecule has 3 fully saturated rings. The second-order valence-electron chi connectivity index (χ2n) is 8.38. The molecule has 3 heterocycles. The van der Waals surface area contributed by atoms with Crippen molar-refractivity contribution in [3.63, 3.8) is 0 Å². The number of carbonyl (C=O) groups excluding carboxylic acids is 3. The molecule has 1 unspecified atom stereocenters. The molecule has 8 heteroatoms. The maximum absolute atomic E-state index is 13.6. The highest BCUT2D eigenvalue weighted by Crippen LogP contribution is 2.43. The van der Waals surface area contributed by atoms with Crippen molar-refractivity contribution in [1.82, 2.24) is 9.80 Å². The highest BCUT2D eigenvalue weighted by Gasteiger charge is 2.63. The van der Waals surface area contributed by atoms with Gasteiger partial charge in [0, 0.05) is 23.6 Å². The summed E-state index contributed by atoms with van der Waals surface area (Å²) < 4.78 is 27.3. The molecule has 3 atom stereocenters. The fraction of sp³-hybridized carbons (Fsp3) is 0.208. The van der Waals surface area contributed by atoms with E-state index in [9.17, 15) is 23.2 Å². The number of hydrogen-bond acceptors (Lipinski definition) is 3. The summed E-state index contributed by atoms with van der Waals surface area (Å²) >= 11 is 0. The van der Waals surface area contributed by atoms with Gasteiger partial charge >= 0.3 is 6.03 Å². The van der Waals surface area contributed by atoms with E-state index in [0.29, 0.717) is 18.2 Å². The zero-order chi connectivity index (χ0) is 22.1. The van der Waals surface area contributed by atoms with Gasteiger partial charge in [0.2, 0.25) is 0 Å². The largest absolute Gasteiger partial charge is 0.332 e. The Hall–Kier alpha value is -3.81. The Kier molecular flexibility index (Phi) is 3.90. The van der Waals surface area contributed by atoms with E-state index in [2.05, 4.69) is 0 Å². The molecule has 3 aromatic rings. The van der Waals surface area contributed by atoms with Crippen LogP contribution >= 0.6 is 0 Å². The Morgan fingerprint density at radius 1 is 0.938 bits per heavy atom. The van der Waals surface area contributed by atoms with Crippen LogP contribution in [-0.2, 0) is 4.79 Å². The quantitative estimate of drug-likeness (QED) is 0.581. The van der Waals surface area contributed by atoms with E-state index in [1.165, 1.54) is 9.80 Å². The molecule has 4 amide bonds. The molecule has 0 spiro atoms. The summed E-state index contributed by atoms with van der Waals surface area (Å²) in [5, 5.41) is 1.69. The van der Waals surface area contributed by atoms with Gasteiger partial charge in [0.1, 0.15) is 17.7 Å². The third-order valence-electron chi connectivity index (χ3n) is 6.64. The van der Waals surface area contributed by atoms with Gasteiger partial charge in [0.15, 0.2) is 0 Å². The molecule has 0 saturated carbocycles. The van der Waals surface area contributed by atoms with Crippen molar-refractivity contribution in [3.05, 3.63) is 77.9 Å². The van der Waals surface area contributed by atoms with E-state index in [4.69, 9.17) is 0 Å². The van der Waals surface area contributed by atoms with Crippen molar-refractivity contribution in [2.75, 3.05) is 11.4 Å². The molecular formula is C24H17F2N3O3. The molecule has 3 aliphatic heterocycles. The molecule has 0 radical (unpaired) electrons. The van der Waals surface area contributed by atoms with Crippen molar-refractivity contribution in [3.8, 4) is 0 Å². The number of rotatable bonds is 2. The van der Waals surface area contributed by atoms with Crippen molar-refractivity contribution >= 4 is 34.3 Å². The average molecular weight is 433 g/mol. The molecule has 0 N–H and O–H groups in total. The minimum absolute atomic E-state index is 0.107. The Labute approximate surface area is 181 Å². The van der Waals surface area contributed by atoms with Gasteiger partial charge in [-0.25, -0.2) is 18.5 Å². The van der Waals surface area contributed by atoms with Crippen LogP contribution in [0.4, 0.5) is 19.3 Å². The van der Waals surface area contributed by atoms with Gasteiger partial charge < -0.3 is 9.80 Å². The summed E-state index contributed by atoms with van der Waals surface area (Å²) in [7, 11) is 0. The fourth-order valence-electron chi connectivity index (χ4n) is 5.36. The molecular weight excluding hydrogens is 416 g/mol. The molecule has 2 bridgehead atoms. The fourth-order valence-corrected chi connectivity index (χ4v) is 5.36. The predicted octanol–water partition coefficient (Wildman–Crippen LogP) is 3.55. The summed E-state index contributed by atoms with van der Waals surface area (Å²) in [5.74, 6) is -2.61. The molecule has 3 saturated heterocycles. The minimum atomic E-state index is -0.839. The summed E-state index contributed by atoms with van der Waals surface area (Å²) in [6.45, 7) is 0.223. The molecule has 6 rings (SSSR count). The lowest BCUT2D eigenvalue weighted by Gasteiger charge is -2.34. The predicted molar refractivity (Wildman–Crippen MR) is 112 cm³/mol. The van der Waals surface area contributed by atoms with E-state index in [0.717, 1.165) is 22.9 Å². The number of urea groups is 1. The van der Waals surface area contributed by atoms with Crippen LogP contribution in [0.15, 0.2) is 60.7 Å². The number of carbonyl (C=O) groups is 3. The number of benzene rings is 3. The van der Waals surface area contributed by atoms with E-state index in [1.54, 1.807) is 17.0 Å². The third-order valence-corrected chi connectivity index (χ3v) is 6.64. The number of likely N-dealkylation sites (tertiary alicyclic amines) is 1. The van der Waals surface area contributed by atoms with Crippen molar-refractivity contribution in [1.29, 1.82) is 0 Å². The number of amides is 4. The number of piperazine rings is 1. The normalized spacial score (nSPS) is 24.1. The zero-order valence-corrected chi connectivity index (χ0v) is 16.7. The summed E-state index contributed by atoms with van der Waals surface area (Å²) in [4.78, 5) is 44.0. The minimum Gasteiger partial charge on any atom is -0.331 e. The van der Waals surface area contributed by atoms with Gasteiger partial charge in [-0.05, 0) is 30.0 Å². The summed E-state index contributed by atoms with van der Waals surface area (Å²) in [5.41, 5.74) is 0.404. The van der Waals surface area contributed by atoms with Crippen LogP contribution in [0.5, 0.6) is 0 Å². The number of imide groups is 1. The van der Waals surface area contributed by atoms with Gasteiger partial charge in [0.05, 0.1) is 17.8 Å². The van der Waals surface area contributed by atoms with E-state index in [1.807, 2.05) is 30.3 Å². The highest BCUT2D eigenvalue weighted by atomic mass is 19.1. The molecule has 3 aromatic carbocycles. The molecule has 160 valence electrons. The maximum Gasteiger partial charge on any atom is 0.332 e. The molecule has 6 nitrogen and oxygen atoms in total. The Balaban J connectivity index is 1.35. The topological polar surface area (TPSA) is 60.9 Å². The first-order valence-electron chi connectivity index (χ1n) is 10.3. The van der Waals surface area contributed by atoms with Gasteiger partial charge in [0.25, 0.3) is 11.8 Å². The summed E-state index contributed by atoms with van der Waals surface area (Å²) in [6, 6.07) is 13.6. The van der Waals surface area contributed by atoms with Crippen LogP contribution in [0.3, 0.4) is 0 Å². The van der Waals surface area contributed by atoms with Crippen molar-refractivity contribution in [2.24, 2.45) is 0 Å². The Bertz CT molecular complexity index is 1300. The first-order valence-corrected chi connectivity index (χ1v) is 10.3. The Morgan fingerprint density at radius 3 is 2.44 bits per heavy atom. The maximum atomic E-state index is 13.6.